The highest BCUT2D eigenvalue weighted by molar-refractivity contribution is 6.76. The highest BCUT2D eigenvalue weighted by Crippen LogP contribution is 2.61. The minimum Gasteiger partial charge on any atom is -0.466 e. The number of hydrogen-bond donors (Lipinski definition) is 0. The number of Topliss-reactive ketones (excluding diaryl/α,β-unsaturated/α-hetero) is 1. The molecule has 1 aliphatic rings. The van der Waals surface area contributed by atoms with Gasteiger partial charge < -0.3 is 4.74 Å². The molecule has 0 spiro atoms. The predicted octanol–water partition coefficient (Wildman–Crippen LogP) is 2.76. The molecule has 3 nitrogen and oxygen atoms in total. The molecule has 0 radical (unpaired) electrons. The number of halogens is 3. The zero-order valence-electron chi connectivity index (χ0n) is 9.22. The number of rotatable bonds is 3. The van der Waals surface area contributed by atoms with E-state index in [9.17, 15) is 9.59 Å². The van der Waals surface area contributed by atoms with Crippen LogP contribution in [0.3, 0.4) is 0 Å². The average molecular weight is 288 g/mol. The molecule has 0 aromatic carbocycles. The highest BCUT2D eigenvalue weighted by atomic mass is 35.6. The Labute approximate surface area is 109 Å². The topological polar surface area (TPSA) is 43.4 Å². The smallest absolute Gasteiger partial charge is 0.310 e. The third-order valence-electron chi connectivity index (χ3n) is 2.93. The maximum atomic E-state index is 11.8. The lowest BCUT2D eigenvalue weighted by molar-refractivity contribution is -0.146. The van der Waals surface area contributed by atoms with Crippen molar-refractivity contribution in [3.8, 4) is 0 Å². The Kier molecular flexibility index (Phi) is 3.83. The van der Waals surface area contributed by atoms with E-state index in [1.807, 2.05) is 0 Å². The summed E-state index contributed by atoms with van der Waals surface area (Å²) in [7, 11) is 0. The van der Waals surface area contributed by atoms with Gasteiger partial charge in [0.05, 0.1) is 12.5 Å². The van der Waals surface area contributed by atoms with Gasteiger partial charge in [-0.05, 0) is 12.3 Å². The second kappa shape index (κ2) is 4.35. The first-order valence-electron chi connectivity index (χ1n) is 4.91. The molecule has 1 aliphatic carbocycles. The molecular formula is C10H13Cl3O3. The summed E-state index contributed by atoms with van der Waals surface area (Å²) in [6.45, 7) is 5.56. The molecule has 0 N–H and O–H groups in total. The normalized spacial score (nSPS) is 27.4. The van der Waals surface area contributed by atoms with Gasteiger partial charge in [0.1, 0.15) is 0 Å². The third-order valence-corrected chi connectivity index (χ3v) is 3.49. The van der Waals surface area contributed by atoms with Gasteiger partial charge in [0, 0.05) is 5.92 Å². The Hall–Kier alpha value is 0.01000. The summed E-state index contributed by atoms with van der Waals surface area (Å²) < 4.78 is 2.91. The summed E-state index contributed by atoms with van der Waals surface area (Å²) in [5.74, 6) is -2.02. The number of hydrogen-bond acceptors (Lipinski definition) is 3. The molecule has 0 saturated heterocycles. The van der Waals surface area contributed by atoms with Gasteiger partial charge in [-0.15, -0.1) is 0 Å². The van der Waals surface area contributed by atoms with E-state index >= 15 is 0 Å². The molecule has 0 aliphatic heterocycles. The van der Waals surface area contributed by atoms with E-state index < -0.39 is 32.8 Å². The van der Waals surface area contributed by atoms with Crippen LogP contribution in [0.5, 0.6) is 0 Å². The van der Waals surface area contributed by atoms with Crippen LogP contribution in [0.4, 0.5) is 0 Å². The van der Waals surface area contributed by atoms with Crippen LogP contribution in [0.2, 0.25) is 0 Å². The second-order valence-corrected chi connectivity index (χ2v) is 6.67. The van der Waals surface area contributed by atoms with Crippen LogP contribution in [-0.4, -0.2) is 22.2 Å². The minimum absolute atomic E-state index is 0.278. The maximum Gasteiger partial charge on any atom is 0.310 e. The number of carbonyl (C=O) groups is 2. The van der Waals surface area contributed by atoms with Crippen LogP contribution in [0.15, 0.2) is 0 Å². The summed E-state index contributed by atoms with van der Waals surface area (Å²) in [4.78, 5) is 23.3. The summed E-state index contributed by atoms with van der Waals surface area (Å²) in [5.41, 5.74) is -0.493. The van der Waals surface area contributed by atoms with Crippen LogP contribution < -0.4 is 0 Å². The number of ketones is 1. The zero-order valence-corrected chi connectivity index (χ0v) is 11.5. The maximum absolute atomic E-state index is 11.8. The van der Waals surface area contributed by atoms with Gasteiger partial charge in [0.2, 0.25) is 3.79 Å². The highest BCUT2D eigenvalue weighted by Gasteiger charge is 2.68. The fourth-order valence-corrected chi connectivity index (χ4v) is 2.33. The first-order valence-corrected chi connectivity index (χ1v) is 6.05. The van der Waals surface area contributed by atoms with E-state index in [1.54, 1.807) is 20.8 Å². The van der Waals surface area contributed by atoms with Crippen molar-refractivity contribution in [1.82, 2.24) is 0 Å². The average Bonchev–Trinajstić information content (AvgIpc) is 2.66. The fraction of sp³-hybridized carbons (Fsp3) is 0.800. The fourth-order valence-electron chi connectivity index (χ4n) is 1.98. The molecule has 0 aromatic heterocycles. The van der Waals surface area contributed by atoms with E-state index in [0.29, 0.717) is 0 Å². The Morgan fingerprint density at radius 1 is 1.25 bits per heavy atom. The van der Waals surface area contributed by atoms with Crippen molar-refractivity contribution < 1.29 is 14.3 Å². The molecule has 0 bridgehead atoms. The predicted molar refractivity (Wildman–Crippen MR) is 62.7 cm³/mol. The van der Waals surface area contributed by atoms with E-state index in [2.05, 4.69) is 0 Å². The first-order chi connectivity index (χ1) is 7.14. The molecule has 6 heteroatoms. The van der Waals surface area contributed by atoms with Gasteiger partial charge in [0.15, 0.2) is 5.78 Å². The molecular weight excluding hydrogens is 274 g/mol. The van der Waals surface area contributed by atoms with E-state index in [-0.39, 0.29) is 6.61 Å². The second-order valence-electron chi connectivity index (χ2n) is 4.39. The van der Waals surface area contributed by atoms with Gasteiger partial charge in [-0.3, -0.25) is 9.59 Å². The van der Waals surface area contributed by atoms with Crippen LogP contribution in [0, 0.1) is 17.3 Å². The van der Waals surface area contributed by atoms with Crippen molar-refractivity contribution in [2.45, 2.75) is 24.6 Å². The molecule has 2 unspecified atom stereocenters. The zero-order chi connectivity index (χ0) is 12.7. The number of carbonyl (C=O) groups excluding carboxylic acids is 2. The van der Waals surface area contributed by atoms with Crippen LogP contribution in [0.25, 0.3) is 0 Å². The van der Waals surface area contributed by atoms with Crippen molar-refractivity contribution in [3.05, 3.63) is 0 Å². The molecule has 0 amide bonds. The van der Waals surface area contributed by atoms with Crippen molar-refractivity contribution in [3.63, 3.8) is 0 Å². The van der Waals surface area contributed by atoms with Crippen molar-refractivity contribution in [2.75, 3.05) is 6.61 Å². The molecule has 2 atom stereocenters. The number of ether oxygens (including phenoxy) is 1. The quantitative estimate of drug-likeness (QED) is 0.592. The third kappa shape index (κ3) is 2.47. The van der Waals surface area contributed by atoms with Gasteiger partial charge in [-0.1, -0.05) is 48.7 Å². The summed E-state index contributed by atoms with van der Waals surface area (Å²) >= 11 is 16.6. The Balaban J connectivity index is 2.79. The minimum atomic E-state index is -1.97. The Morgan fingerprint density at radius 2 is 1.75 bits per heavy atom. The largest absolute Gasteiger partial charge is 0.466 e. The van der Waals surface area contributed by atoms with Gasteiger partial charge in [0.25, 0.3) is 0 Å². The van der Waals surface area contributed by atoms with Gasteiger partial charge in [-0.2, -0.15) is 0 Å². The lowest BCUT2D eigenvalue weighted by Gasteiger charge is -2.09. The monoisotopic (exact) mass is 286 g/mol. The molecule has 0 aromatic rings. The summed E-state index contributed by atoms with van der Waals surface area (Å²) in [5, 5.41) is 0. The molecule has 92 valence electrons. The van der Waals surface area contributed by atoms with E-state index in [4.69, 9.17) is 39.5 Å². The lowest BCUT2D eigenvalue weighted by atomic mass is 10.1. The summed E-state index contributed by atoms with van der Waals surface area (Å²) in [6.07, 6.45) is 0. The van der Waals surface area contributed by atoms with Crippen molar-refractivity contribution >= 4 is 46.6 Å². The molecule has 1 saturated carbocycles. The number of alkyl halides is 3. The Bertz CT molecular complexity index is 320. The molecule has 1 rings (SSSR count). The Morgan fingerprint density at radius 3 is 2.12 bits per heavy atom. The summed E-state index contributed by atoms with van der Waals surface area (Å²) in [6, 6.07) is 0. The van der Waals surface area contributed by atoms with Gasteiger partial charge in [-0.25, -0.2) is 0 Å². The molecule has 16 heavy (non-hydrogen) atoms. The van der Waals surface area contributed by atoms with Crippen molar-refractivity contribution in [1.29, 1.82) is 0 Å². The molecule has 1 fully saturated rings. The van der Waals surface area contributed by atoms with E-state index in [0.717, 1.165) is 0 Å². The SMILES string of the molecule is CCOC(=O)C1C(C(=O)C(Cl)(Cl)Cl)C1(C)C. The van der Waals surface area contributed by atoms with Crippen LogP contribution >= 0.6 is 34.8 Å². The standard InChI is InChI=1S/C10H13Cl3O3/c1-4-16-8(15)6-5(9(6,2)3)7(14)10(11,12)13/h5-6H,4H2,1-3H3. The molecule has 0 heterocycles. The number of esters is 1. The van der Waals surface area contributed by atoms with Gasteiger partial charge >= 0.3 is 5.97 Å². The van der Waals surface area contributed by atoms with E-state index in [1.165, 1.54) is 0 Å². The van der Waals surface area contributed by atoms with Crippen molar-refractivity contribution in [2.24, 2.45) is 17.3 Å². The first kappa shape index (κ1) is 14.1. The van der Waals surface area contributed by atoms with Crippen LogP contribution in [-0.2, 0) is 14.3 Å². The van der Waals surface area contributed by atoms with Crippen LogP contribution in [0.1, 0.15) is 20.8 Å². The lowest BCUT2D eigenvalue weighted by Crippen LogP contribution is -2.23.